The Balaban J connectivity index is 2.18. The predicted molar refractivity (Wildman–Crippen MR) is 81.4 cm³/mol. The molecular formula is C16H15BrFNO. The number of hydrogen-bond donors (Lipinski definition) is 0. The maximum absolute atomic E-state index is 13.2. The lowest BCUT2D eigenvalue weighted by Crippen LogP contribution is -2.32. The van der Waals surface area contributed by atoms with Crippen molar-refractivity contribution in [2.24, 2.45) is 0 Å². The first-order valence-electron chi connectivity index (χ1n) is 6.35. The lowest BCUT2D eigenvalue weighted by Gasteiger charge is -2.22. The predicted octanol–water partition coefficient (Wildman–Crippen LogP) is 3.86. The van der Waals surface area contributed by atoms with Crippen LogP contribution in [0.3, 0.4) is 0 Å². The van der Waals surface area contributed by atoms with E-state index in [2.05, 4.69) is 15.9 Å². The Labute approximate surface area is 126 Å². The molecule has 0 heterocycles. The van der Waals surface area contributed by atoms with E-state index in [0.29, 0.717) is 24.0 Å². The zero-order valence-electron chi connectivity index (χ0n) is 10.9. The lowest BCUT2D eigenvalue weighted by molar-refractivity contribution is 0.0754. The zero-order valence-corrected chi connectivity index (χ0v) is 12.5. The molecule has 0 aromatic heterocycles. The van der Waals surface area contributed by atoms with Crippen molar-refractivity contribution >= 4 is 21.8 Å². The summed E-state index contributed by atoms with van der Waals surface area (Å²) in [4.78, 5) is 14.1. The highest BCUT2D eigenvalue weighted by Gasteiger charge is 2.15. The molecular weight excluding hydrogens is 321 g/mol. The van der Waals surface area contributed by atoms with E-state index in [1.807, 2.05) is 30.3 Å². The van der Waals surface area contributed by atoms with Gasteiger partial charge < -0.3 is 4.90 Å². The van der Waals surface area contributed by atoms with Gasteiger partial charge >= 0.3 is 0 Å². The molecule has 0 fully saturated rings. The van der Waals surface area contributed by atoms with Crippen LogP contribution in [0, 0.1) is 5.82 Å². The third-order valence-electron chi connectivity index (χ3n) is 2.93. The van der Waals surface area contributed by atoms with Gasteiger partial charge in [-0.1, -0.05) is 52.3 Å². The van der Waals surface area contributed by atoms with Crippen molar-refractivity contribution in [3.63, 3.8) is 0 Å². The molecule has 0 N–H and O–H groups in total. The minimum Gasteiger partial charge on any atom is -0.333 e. The molecule has 2 aromatic rings. The summed E-state index contributed by atoms with van der Waals surface area (Å²) in [5, 5.41) is 0.681. The standard InChI is InChI=1S/C16H15BrFNO/c17-9-10-19(12-13-5-2-1-3-6-13)16(20)14-7-4-8-15(18)11-14/h1-8,11H,9-10,12H2. The van der Waals surface area contributed by atoms with Crippen LogP contribution in [-0.2, 0) is 6.54 Å². The topological polar surface area (TPSA) is 20.3 Å². The minimum absolute atomic E-state index is 0.159. The Morgan fingerprint density at radius 2 is 1.85 bits per heavy atom. The quantitative estimate of drug-likeness (QED) is 0.759. The summed E-state index contributed by atoms with van der Waals surface area (Å²) in [6.45, 7) is 1.09. The first-order chi connectivity index (χ1) is 9.70. The second-order valence-electron chi connectivity index (χ2n) is 4.41. The number of rotatable bonds is 5. The molecule has 20 heavy (non-hydrogen) atoms. The number of nitrogens with zero attached hydrogens (tertiary/aromatic N) is 1. The van der Waals surface area contributed by atoms with Crippen LogP contribution < -0.4 is 0 Å². The maximum Gasteiger partial charge on any atom is 0.254 e. The van der Waals surface area contributed by atoms with Crippen molar-refractivity contribution in [1.82, 2.24) is 4.90 Å². The molecule has 0 aliphatic rings. The van der Waals surface area contributed by atoms with Gasteiger partial charge in [0.2, 0.25) is 0 Å². The van der Waals surface area contributed by atoms with Gasteiger partial charge in [0, 0.05) is 24.0 Å². The first-order valence-corrected chi connectivity index (χ1v) is 7.47. The molecule has 0 spiro atoms. The Hall–Kier alpha value is -1.68. The fraction of sp³-hybridized carbons (Fsp3) is 0.188. The number of alkyl halides is 1. The second kappa shape index (κ2) is 7.20. The Kier molecular flexibility index (Phi) is 5.30. The second-order valence-corrected chi connectivity index (χ2v) is 5.20. The third kappa shape index (κ3) is 3.90. The van der Waals surface area contributed by atoms with Crippen molar-refractivity contribution in [3.8, 4) is 0 Å². The Morgan fingerprint density at radius 3 is 2.50 bits per heavy atom. The average Bonchev–Trinajstić information content (AvgIpc) is 2.47. The molecule has 2 nitrogen and oxygen atoms in total. The van der Waals surface area contributed by atoms with Crippen LogP contribution in [0.1, 0.15) is 15.9 Å². The Morgan fingerprint density at radius 1 is 1.10 bits per heavy atom. The number of halogens is 2. The van der Waals surface area contributed by atoms with Crippen molar-refractivity contribution < 1.29 is 9.18 Å². The van der Waals surface area contributed by atoms with Gasteiger partial charge in [-0.15, -0.1) is 0 Å². The molecule has 1 amide bonds. The number of hydrogen-bond acceptors (Lipinski definition) is 1. The van der Waals surface area contributed by atoms with Crippen molar-refractivity contribution in [1.29, 1.82) is 0 Å². The molecule has 4 heteroatoms. The molecule has 0 atom stereocenters. The zero-order chi connectivity index (χ0) is 14.4. The maximum atomic E-state index is 13.2. The van der Waals surface area contributed by atoms with Crippen LogP contribution in [0.15, 0.2) is 54.6 Å². The number of carbonyl (C=O) groups is 1. The van der Waals surface area contributed by atoms with E-state index < -0.39 is 5.82 Å². The van der Waals surface area contributed by atoms with E-state index in [1.54, 1.807) is 17.0 Å². The summed E-state index contributed by atoms with van der Waals surface area (Å²) in [5.41, 5.74) is 1.43. The SMILES string of the molecule is O=C(c1cccc(F)c1)N(CCBr)Cc1ccccc1. The van der Waals surface area contributed by atoms with Crippen LogP contribution in [-0.4, -0.2) is 22.7 Å². The fourth-order valence-electron chi connectivity index (χ4n) is 1.96. The fourth-order valence-corrected chi connectivity index (χ4v) is 2.39. The van der Waals surface area contributed by atoms with Crippen molar-refractivity contribution in [3.05, 3.63) is 71.5 Å². The molecule has 0 unspecified atom stereocenters. The molecule has 0 bridgehead atoms. The highest BCUT2D eigenvalue weighted by atomic mass is 79.9. The molecule has 104 valence electrons. The van der Waals surface area contributed by atoms with Gasteiger partial charge in [0.25, 0.3) is 5.91 Å². The largest absolute Gasteiger partial charge is 0.333 e. The molecule has 0 radical (unpaired) electrons. The lowest BCUT2D eigenvalue weighted by atomic mass is 10.1. The number of amides is 1. The van der Waals surface area contributed by atoms with Crippen LogP contribution in [0.25, 0.3) is 0 Å². The van der Waals surface area contributed by atoms with Gasteiger partial charge in [0.15, 0.2) is 0 Å². The average molecular weight is 336 g/mol. The summed E-state index contributed by atoms with van der Waals surface area (Å²) in [6, 6.07) is 15.6. The molecule has 2 aromatic carbocycles. The van der Waals surface area contributed by atoms with Crippen molar-refractivity contribution in [2.75, 3.05) is 11.9 Å². The molecule has 0 saturated carbocycles. The highest BCUT2D eigenvalue weighted by Crippen LogP contribution is 2.11. The van der Waals surface area contributed by atoms with E-state index in [9.17, 15) is 9.18 Å². The summed E-state index contributed by atoms with van der Waals surface area (Å²) in [5.74, 6) is -0.554. The number of carbonyl (C=O) groups excluding carboxylic acids is 1. The van der Waals surface area contributed by atoms with E-state index in [-0.39, 0.29) is 5.91 Å². The van der Waals surface area contributed by atoms with Crippen LogP contribution in [0.2, 0.25) is 0 Å². The van der Waals surface area contributed by atoms with Crippen LogP contribution >= 0.6 is 15.9 Å². The van der Waals surface area contributed by atoms with E-state index >= 15 is 0 Å². The van der Waals surface area contributed by atoms with E-state index in [1.165, 1.54) is 12.1 Å². The summed E-state index contributed by atoms with van der Waals surface area (Å²) in [7, 11) is 0. The van der Waals surface area contributed by atoms with Gasteiger partial charge in [0.1, 0.15) is 5.82 Å². The van der Waals surface area contributed by atoms with Crippen LogP contribution in [0.4, 0.5) is 4.39 Å². The normalized spacial score (nSPS) is 10.3. The molecule has 0 aliphatic carbocycles. The van der Waals surface area contributed by atoms with Crippen LogP contribution in [0.5, 0.6) is 0 Å². The smallest absolute Gasteiger partial charge is 0.254 e. The van der Waals surface area contributed by atoms with Gasteiger partial charge in [-0.2, -0.15) is 0 Å². The minimum atomic E-state index is -0.394. The summed E-state index contributed by atoms with van der Waals surface area (Å²) in [6.07, 6.45) is 0. The number of benzene rings is 2. The molecule has 0 saturated heterocycles. The Bertz CT molecular complexity index is 574. The summed E-state index contributed by atoms with van der Waals surface area (Å²) < 4.78 is 13.2. The van der Waals surface area contributed by atoms with E-state index in [4.69, 9.17) is 0 Å². The van der Waals surface area contributed by atoms with Gasteiger partial charge in [-0.3, -0.25) is 4.79 Å². The monoisotopic (exact) mass is 335 g/mol. The van der Waals surface area contributed by atoms with E-state index in [0.717, 1.165) is 5.56 Å². The molecule has 2 rings (SSSR count). The van der Waals surface area contributed by atoms with Gasteiger partial charge in [0.05, 0.1) is 0 Å². The third-order valence-corrected chi connectivity index (χ3v) is 3.28. The van der Waals surface area contributed by atoms with Gasteiger partial charge in [-0.25, -0.2) is 4.39 Å². The van der Waals surface area contributed by atoms with Gasteiger partial charge in [-0.05, 0) is 23.8 Å². The highest BCUT2D eigenvalue weighted by molar-refractivity contribution is 9.09. The van der Waals surface area contributed by atoms with Crippen molar-refractivity contribution in [2.45, 2.75) is 6.54 Å². The first kappa shape index (κ1) is 14.7. The molecule has 0 aliphatic heterocycles. The summed E-state index contributed by atoms with van der Waals surface area (Å²) >= 11 is 3.35.